The number of hydrogen-bond acceptors (Lipinski definition) is 3. The predicted octanol–water partition coefficient (Wildman–Crippen LogP) is 0.795. The van der Waals surface area contributed by atoms with E-state index in [1.165, 1.54) is 0 Å². The van der Waals surface area contributed by atoms with Crippen molar-refractivity contribution < 1.29 is 9.53 Å². The molecule has 3 nitrogen and oxygen atoms in total. The summed E-state index contributed by atoms with van der Waals surface area (Å²) in [5.41, 5.74) is 0. The molecule has 1 N–H and O–H groups in total. The minimum Gasteiger partial charge on any atom is -0.466 e. The summed E-state index contributed by atoms with van der Waals surface area (Å²) in [6, 6.07) is 0. The van der Waals surface area contributed by atoms with Crippen LogP contribution >= 0.6 is 0 Å². The van der Waals surface area contributed by atoms with Crippen molar-refractivity contribution in [1.82, 2.24) is 5.32 Å². The highest BCUT2D eigenvalue weighted by molar-refractivity contribution is 5.72. The van der Waals surface area contributed by atoms with Gasteiger partial charge in [0.25, 0.3) is 0 Å². The Balaban J connectivity index is 2.42. The van der Waals surface area contributed by atoms with Gasteiger partial charge in [0.2, 0.25) is 0 Å². The molecular formula is C9H17NO2. The van der Waals surface area contributed by atoms with Crippen LogP contribution in [0.25, 0.3) is 0 Å². The van der Waals surface area contributed by atoms with Crippen LogP contribution in [0.4, 0.5) is 0 Å². The normalized spacial score (nSPS) is 29.8. The summed E-state index contributed by atoms with van der Waals surface area (Å²) in [6.07, 6.45) is 0.917. The smallest absolute Gasteiger partial charge is 0.309 e. The Hall–Kier alpha value is -0.570. The minimum absolute atomic E-state index is 0.0218. The molecule has 0 aromatic carbocycles. The molecule has 0 aliphatic carbocycles. The van der Waals surface area contributed by atoms with E-state index in [-0.39, 0.29) is 11.9 Å². The molecule has 0 amide bonds. The molecule has 1 heterocycles. The number of carbonyl (C=O) groups excluding carboxylic acids is 1. The molecule has 1 aliphatic heterocycles. The molecule has 0 radical (unpaired) electrons. The van der Waals surface area contributed by atoms with Crippen molar-refractivity contribution in [2.24, 2.45) is 11.8 Å². The Morgan fingerprint density at radius 2 is 2.42 bits per heavy atom. The number of rotatable bonds is 2. The Morgan fingerprint density at radius 3 is 3.00 bits per heavy atom. The fraction of sp³-hybridized carbons (Fsp3) is 0.889. The molecule has 12 heavy (non-hydrogen) atoms. The second kappa shape index (κ2) is 4.45. The predicted molar refractivity (Wildman–Crippen MR) is 46.8 cm³/mol. The van der Waals surface area contributed by atoms with Gasteiger partial charge in [0.15, 0.2) is 0 Å². The van der Waals surface area contributed by atoms with Crippen molar-refractivity contribution >= 4 is 5.97 Å². The SMILES string of the molecule is CCOC(=O)C1CCNCC1C. The maximum atomic E-state index is 11.4. The van der Waals surface area contributed by atoms with Gasteiger partial charge in [0, 0.05) is 0 Å². The van der Waals surface area contributed by atoms with E-state index in [9.17, 15) is 4.79 Å². The highest BCUT2D eigenvalue weighted by atomic mass is 16.5. The van der Waals surface area contributed by atoms with Crippen LogP contribution in [0.5, 0.6) is 0 Å². The Labute approximate surface area is 73.5 Å². The topological polar surface area (TPSA) is 38.3 Å². The monoisotopic (exact) mass is 171 g/mol. The molecule has 0 bridgehead atoms. The molecule has 0 aromatic heterocycles. The van der Waals surface area contributed by atoms with Crippen molar-refractivity contribution in [3.63, 3.8) is 0 Å². The van der Waals surface area contributed by atoms with Gasteiger partial charge in [-0.25, -0.2) is 0 Å². The zero-order chi connectivity index (χ0) is 8.97. The first-order valence-electron chi connectivity index (χ1n) is 4.63. The highest BCUT2D eigenvalue weighted by Gasteiger charge is 2.28. The van der Waals surface area contributed by atoms with Gasteiger partial charge >= 0.3 is 5.97 Å². The van der Waals surface area contributed by atoms with Crippen molar-refractivity contribution in [2.45, 2.75) is 20.3 Å². The van der Waals surface area contributed by atoms with Crippen molar-refractivity contribution in [2.75, 3.05) is 19.7 Å². The standard InChI is InChI=1S/C9H17NO2/c1-3-12-9(11)8-4-5-10-6-7(8)2/h7-8,10H,3-6H2,1-2H3. The first kappa shape index (κ1) is 9.52. The molecule has 1 saturated heterocycles. The van der Waals surface area contributed by atoms with E-state index in [0.29, 0.717) is 12.5 Å². The van der Waals surface area contributed by atoms with E-state index in [1.54, 1.807) is 0 Å². The summed E-state index contributed by atoms with van der Waals surface area (Å²) in [7, 11) is 0. The Kier molecular flexibility index (Phi) is 3.53. The highest BCUT2D eigenvalue weighted by Crippen LogP contribution is 2.19. The number of hydrogen-bond donors (Lipinski definition) is 1. The molecule has 70 valence electrons. The number of piperidine rings is 1. The zero-order valence-corrected chi connectivity index (χ0v) is 7.80. The third-order valence-corrected chi connectivity index (χ3v) is 2.37. The molecular weight excluding hydrogens is 154 g/mol. The quantitative estimate of drug-likeness (QED) is 0.624. The molecule has 1 rings (SSSR count). The molecule has 1 fully saturated rings. The Morgan fingerprint density at radius 1 is 1.67 bits per heavy atom. The second-order valence-electron chi connectivity index (χ2n) is 3.33. The fourth-order valence-corrected chi connectivity index (χ4v) is 1.61. The molecule has 2 unspecified atom stereocenters. The molecule has 1 aliphatic rings. The molecule has 0 spiro atoms. The maximum absolute atomic E-state index is 11.4. The van der Waals surface area contributed by atoms with Crippen LogP contribution in [0.3, 0.4) is 0 Å². The van der Waals surface area contributed by atoms with Crippen LogP contribution in [0.1, 0.15) is 20.3 Å². The lowest BCUT2D eigenvalue weighted by molar-refractivity contribution is -0.150. The van der Waals surface area contributed by atoms with E-state index in [0.717, 1.165) is 19.5 Å². The van der Waals surface area contributed by atoms with Gasteiger partial charge in [-0.2, -0.15) is 0 Å². The van der Waals surface area contributed by atoms with Gasteiger partial charge in [0.1, 0.15) is 0 Å². The summed E-state index contributed by atoms with van der Waals surface area (Å²) in [5, 5.41) is 3.25. The van der Waals surface area contributed by atoms with Gasteiger partial charge in [-0.15, -0.1) is 0 Å². The van der Waals surface area contributed by atoms with Crippen LogP contribution in [0.15, 0.2) is 0 Å². The van der Waals surface area contributed by atoms with Crippen LogP contribution in [0, 0.1) is 11.8 Å². The van der Waals surface area contributed by atoms with E-state index in [4.69, 9.17) is 4.74 Å². The van der Waals surface area contributed by atoms with Gasteiger partial charge in [-0.1, -0.05) is 6.92 Å². The third kappa shape index (κ3) is 2.21. The number of nitrogens with one attached hydrogen (secondary N) is 1. The number of esters is 1. The van der Waals surface area contributed by atoms with Gasteiger partial charge in [-0.3, -0.25) is 4.79 Å². The van der Waals surface area contributed by atoms with Gasteiger partial charge in [-0.05, 0) is 32.4 Å². The largest absolute Gasteiger partial charge is 0.466 e. The summed E-state index contributed by atoms with van der Waals surface area (Å²) < 4.78 is 4.99. The lowest BCUT2D eigenvalue weighted by atomic mass is 9.88. The third-order valence-electron chi connectivity index (χ3n) is 2.37. The average Bonchev–Trinajstić information content (AvgIpc) is 2.05. The van der Waals surface area contributed by atoms with Crippen molar-refractivity contribution in [3.05, 3.63) is 0 Å². The van der Waals surface area contributed by atoms with Crippen LogP contribution in [-0.4, -0.2) is 25.7 Å². The average molecular weight is 171 g/mol. The Bertz CT molecular complexity index is 159. The zero-order valence-electron chi connectivity index (χ0n) is 7.80. The number of carbonyl (C=O) groups is 1. The van der Waals surface area contributed by atoms with E-state index in [2.05, 4.69) is 12.2 Å². The summed E-state index contributed by atoms with van der Waals surface area (Å²) >= 11 is 0. The van der Waals surface area contributed by atoms with Gasteiger partial charge in [0.05, 0.1) is 12.5 Å². The van der Waals surface area contributed by atoms with Crippen LogP contribution < -0.4 is 5.32 Å². The fourth-order valence-electron chi connectivity index (χ4n) is 1.61. The van der Waals surface area contributed by atoms with Crippen LogP contribution in [-0.2, 0) is 9.53 Å². The summed E-state index contributed by atoms with van der Waals surface area (Å²) in [6.45, 7) is 6.31. The lowest BCUT2D eigenvalue weighted by Gasteiger charge is -2.27. The lowest BCUT2D eigenvalue weighted by Crippen LogP contribution is -2.39. The van der Waals surface area contributed by atoms with Gasteiger partial charge < -0.3 is 10.1 Å². The summed E-state index contributed by atoms with van der Waals surface area (Å²) in [4.78, 5) is 11.4. The van der Waals surface area contributed by atoms with E-state index >= 15 is 0 Å². The van der Waals surface area contributed by atoms with Crippen molar-refractivity contribution in [1.29, 1.82) is 0 Å². The summed E-state index contributed by atoms with van der Waals surface area (Å²) in [5.74, 6) is 0.510. The second-order valence-corrected chi connectivity index (χ2v) is 3.33. The molecule has 3 heteroatoms. The van der Waals surface area contributed by atoms with Crippen molar-refractivity contribution in [3.8, 4) is 0 Å². The van der Waals surface area contributed by atoms with E-state index < -0.39 is 0 Å². The first-order valence-corrected chi connectivity index (χ1v) is 4.63. The minimum atomic E-state index is -0.0218. The van der Waals surface area contributed by atoms with Crippen LogP contribution in [0.2, 0.25) is 0 Å². The first-order chi connectivity index (χ1) is 5.75. The maximum Gasteiger partial charge on any atom is 0.309 e. The van der Waals surface area contributed by atoms with E-state index in [1.807, 2.05) is 6.92 Å². The molecule has 2 atom stereocenters. The molecule has 0 aromatic rings. The molecule has 0 saturated carbocycles. The number of ether oxygens (including phenoxy) is 1.